The molecule has 0 bridgehead atoms. The molecule has 0 aromatic heterocycles. The lowest BCUT2D eigenvalue weighted by atomic mass is 9.66. The molecule has 12 heteroatoms. The molecule has 0 fully saturated rings. The summed E-state index contributed by atoms with van der Waals surface area (Å²) in [5.41, 5.74) is -1.02. The van der Waals surface area contributed by atoms with E-state index in [2.05, 4.69) is 27.7 Å². The molecule has 0 saturated heterocycles. The summed E-state index contributed by atoms with van der Waals surface area (Å²) in [6, 6.07) is 0. The number of hydrogen-bond acceptors (Lipinski definition) is 12. The molecule has 0 heterocycles. The molecule has 0 aromatic rings. The van der Waals surface area contributed by atoms with Gasteiger partial charge in [-0.15, -0.1) is 0 Å². The van der Waals surface area contributed by atoms with E-state index in [0.29, 0.717) is 39.3 Å². The van der Waals surface area contributed by atoms with Crippen LogP contribution in [-0.2, 0) is 18.9 Å². The number of rotatable bonds is 25. The van der Waals surface area contributed by atoms with Gasteiger partial charge in [-0.05, 0) is 55.8 Å². The van der Waals surface area contributed by atoms with Crippen LogP contribution in [0.4, 0.5) is 0 Å². The lowest BCUT2D eigenvalue weighted by Crippen LogP contribution is -2.43. The summed E-state index contributed by atoms with van der Waals surface area (Å²) >= 11 is 0. The molecule has 12 nitrogen and oxygen atoms in total. The van der Waals surface area contributed by atoms with E-state index in [0.717, 1.165) is 44.9 Å². The van der Waals surface area contributed by atoms with Gasteiger partial charge in [-0.3, -0.25) is 0 Å². The number of aliphatic hydroxyl groups excluding tert-OH is 8. The number of ether oxygens (including phenoxy) is 4. The van der Waals surface area contributed by atoms with Gasteiger partial charge < -0.3 is 59.8 Å². The minimum Gasteiger partial charge on any atom is -0.396 e. The van der Waals surface area contributed by atoms with Crippen molar-refractivity contribution in [1.82, 2.24) is 0 Å². The maximum Gasteiger partial charge on any atom is 0.0515 e. The van der Waals surface area contributed by atoms with Gasteiger partial charge in [0.25, 0.3) is 0 Å². The standard InChI is InChI=1S/C12H26O3.2C10H22O3.C6H14O3/c1-11(2,3)5-6-12(9-13,10-14)7-8-15-4;1-9(2,3)10(7-11,8-12)5-6-13-4;1-3-4-5-10(8-11,9-12)6-7-13-2;1-9-3-2-6(4-7)5-8/h13-14H,5-10H2,1-4H3;11-12H,5-8H2,1-4H3;11-12H,3-9H2,1-2H3;6-8H,2-5H2,1H3. The van der Waals surface area contributed by atoms with Gasteiger partial charge >= 0.3 is 0 Å². The Hall–Kier alpha value is -0.480. The summed E-state index contributed by atoms with van der Waals surface area (Å²) in [7, 11) is 6.51. The van der Waals surface area contributed by atoms with Gasteiger partial charge in [-0.2, -0.15) is 0 Å². The van der Waals surface area contributed by atoms with E-state index in [1.807, 2.05) is 20.8 Å². The van der Waals surface area contributed by atoms with Gasteiger partial charge in [0, 0.05) is 90.2 Å². The van der Waals surface area contributed by atoms with Crippen molar-refractivity contribution in [3.63, 3.8) is 0 Å². The van der Waals surface area contributed by atoms with Crippen LogP contribution in [0.15, 0.2) is 0 Å². The second-order valence-electron chi connectivity index (χ2n) is 15.9. The maximum atomic E-state index is 9.38. The Morgan fingerprint density at radius 2 is 0.840 bits per heavy atom. The van der Waals surface area contributed by atoms with E-state index in [9.17, 15) is 30.6 Å². The van der Waals surface area contributed by atoms with Gasteiger partial charge in [-0.25, -0.2) is 0 Å². The Morgan fingerprint density at radius 1 is 0.460 bits per heavy atom. The lowest BCUT2D eigenvalue weighted by Gasteiger charge is -2.42. The number of aliphatic hydroxyl groups is 8. The van der Waals surface area contributed by atoms with Crippen molar-refractivity contribution in [2.75, 3.05) is 108 Å². The molecule has 308 valence electrons. The summed E-state index contributed by atoms with van der Waals surface area (Å²) in [5, 5.41) is 72.9. The van der Waals surface area contributed by atoms with Crippen LogP contribution in [-0.4, -0.2) is 149 Å². The van der Waals surface area contributed by atoms with Crippen LogP contribution in [0, 0.1) is 33.0 Å². The van der Waals surface area contributed by atoms with Crippen molar-refractivity contribution in [2.45, 2.75) is 106 Å². The van der Waals surface area contributed by atoms with Gasteiger partial charge in [0.15, 0.2) is 0 Å². The lowest BCUT2D eigenvalue weighted by molar-refractivity contribution is -0.0524. The molecule has 0 saturated carbocycles. The van der Waals surface area contributed by atoms with E-state index in [4.69, 9.17) is 29.2 Å². The zero-order valence-corrected chi connectivity index (χ0v) is 34.1. The third kappa shape index (κ3) is 27.2. The van der Waals surface area contributed by atoms with Crippen LogP contribution < -0.4 is 0 Å². The van der Waals surface area contributed by atoms with E-state index < -0.39 is 5.41 Å². The van der Waals surface area contributed by atoms with E-state index in [-0.39, 0.29) is 80.4 Å². The molecule has 0 spiro atoms. The topological polar surface area (TPSA) is 199 Å². The largest absolute Gasteiger partial charge is 0.396 e. The predicted molar refractivity (Wildman–Crippen MR) is 201 cm³/mol. The van der Waals surface area contributed by atoms with Crippen molar-refractivity contribution in [1.29, 1.82) is 0 Å². The molecular weight excluding hydrogens is 648 g/mol. The van der Waals surface area contributed by atoms with E-state index in [1.165, 1.54) is 0 Å². The minimum atomic E-state index is -0.441. The van der Waals surface area contributed by atoms with Crippen molar-refractivity contribution in [3.8, 4) is 0 Å². The highest BCUT2D eigenvalue weighted by Gasteiger charge is 2.40. The van der Waals surface area contributed by atoms with Gasteiger partial charge in [0.05, 0.1) is 39.6 Å². The van der Waals surface area contributed by atoms with Crippen LogP contribution in [0.3, 0.4) is 0 Å². The third-order valence-electron chi connectivity index (χ3n) is 9.71. The highest BCUT2D eigenvalue weighted by molar-refractivity contribution is 4.89. The molecule has 0 atom stereocenters. The Morgan fingerprint density at radius 3 is 1.12 bits per heavy atom. The molecule has 0 aliphatic heterocycles. The van der Waals surface area contributed by atoms with Gasteiger partial charge in [0.2, 0.25) is 0 Å². The predicted octanol–water partition coefficient (Wildman–Crippen LogP) is 3.67. The van der Waals surface area contributed by atoms with Gasteiger partial charge in [-0.1, -0.05) is 61.3 Å². The van der Waals surface area contributed by atoms with Crippen molar-refractivity contribution >= 4 is 0 Å². The van der Waals surface area contributed by atoms with Crippen molar-refractivity contribution in [3.05, 3.63) is 0 Å². The molecule has 0 aliphatic rings. The summed E-state index contributed by atoms with van der Waals surface area (Å²) in [4.78, 5) is 0. The Balaban J connectivity index is -0.000000286. The first-order valence-corrected chi connectivity index (χ1v) is 18.2. The molecule has 50 heavy (non-hydrogen) atoms. The quantitative estimate of drug-likeness (QED) is 0.0679. The Bertz CT molecular complexity index is 668. The average Bonchev–Trinajstić information content (AvgIpc) is 3.10. The van der Waals surface area contributed by atoms with Crippen LogP contribution in [0.2, 0.25) is 0 Å². The average molecular weight is 733 g/mol. The third-order valence-corrected chi connectivity index (χ3v) is 9.71. The van der Waals surface area contributed by atoms with Crippen molar-refractivity contribution in [2.24, 2.45) is 33.0 Å². The second-order valence-corrected chi connectivity index (χ2v) is 15.9. The molecule has 0 radical (unpaired) electrons. The summed E-state index contributed by atoms with van der Waals surface area (Å²) in [5.74, 6) is -0.00931. The van der Waals surface area contributed by atoms with Crippen LogP contribution >= 0.6 is 0 Å². The van der Waals surface area contributed by atoms with Gasteiger partial charge in [0.1, 0.15) is 0 Å². The molecule has 0 rings (SSSR count). The Labute approximate surface area is 306 Å². The minimum absolute atomic E-state index is 0.00361. The fourth-order valence-electron chi connectivity index (χ4n) is 4.69. The molecule has 0 aliphatic carbocycles. The maximum absolute atomic E-state index is 9.38. The highest BCUT2D eigenvalue weighted by atomic mass is 16.5. The number of methoxy groups -OCH3 is 4. The van der Waals surface area contributed by atoms with Crippen LogP contribution in [0.1, 0.15) is 106 Å². The summed E-state index contributed by atoms with van der Waals surface area (Å²) in [6.45, 7) is 17.3. The zero-order valence-electron chi connectivity index (χ0n) is 34.1. The van der Waals surface area contributed by atoms with Crippen molar-refractivity contribution < 1.29 is 59.8 Å². The molecule has 8 N–H and O–H groups in total. The normalized spacial score (nSPS) is 12.5. The molecular formula is C38H84O12. The second kappa shape index (κ2) is 33.1. The van der Waals surface area contributed by atoms with Crippen LogP contribution in [0.5, 0.6) is 0 Å². The smallest absolute Gasteiger partial charge is 0.0515 e. The molecule has 0 aromatic carbocycles. The first-order valence-electron chi connectivity index (χ1n) is 18.2. The number of unbranched alkanes of at least 4 members (excludes halogenated alkanes) is 1. The SMILES string of the molecule is CCCCC(CO)(CO)CCOC.COCCC(CO)(CO)C(C)(C)C.COCCC(CO)(CO)CCC(C)(C)C.COCCC(CO)CO. The number of hydrogen-bond donors (Lipinski definition) is 8. The monoisotopic (exact) mass is 733 g/mol. The molecule has 0 amide bonds. The first kappa shape index (κ1) is 56.3. The van der Waals surface area contributed by atoms with E-state index >= 15 is 0 Å². The fraction of sp³-hybridized carbons (Fsp3) is 1.00. The zero-order chi connectivity index (χ0) is 39.8. The van der Waals surface area contributed by atoms with Crippen LogP contribution in [0.25, 0.3) is 0 Å². The highest BCUT2D eigenvalue weighted by Crippen LogP contribution is 2.41. The van der Waals surface area contributed by atoms with E-state index in [1.54, 1.807) is 28.4 Å². The summed E-state index contributed by atoms with van der Waals surface area (Å²) < 4.78 is 19.7. The summed E-state index contributed by atoms with van der Waals surface area (Å²) in [6.07, 6.45) is 7.71. The Kier molecular flexibility index (Phi) is 37.3. The molecule has 0 unspecified atom stereocenters. The fourth-order valence-corrected chi connectivity index (χ4v) is 4.69. The first-order chi connectivity index (χ1) is 23.4.